The van der Waals surface area contributed by atoms with Crippen molar-refractivity contribution in [3.05, 3.63) is 59.7 Å². The molecule has 0 aliphatic heterocycles. The Balaban J connectivity index is 1.64. The smallest absolute Gasteiger partial charge is 0.220 e. The second-order valence-corrected chi connectivity index (χ2v) is 7.28. The van der Waals surface area contributed by atoms with E-state index in [1.807, 2.05) is 36.4 Å². The third-order valence-electron chi connectivity index (χ3n) is 5.68. The van der Waals surface area contributed by atoms with Crippen LogP contribution >= 0.6 is 0 Å². The van der Waals surface area contributed by atoms with Crippen molar-refractivity contribution in [1.29, 1.82) is 0 Å². The van der Waals surface area contributed by atoms with Crippen LogP contribution in [-0.2, 0) is 16.6 Å². The first-order valence-electron chi connectivity index (χ1n) is 9.70. The monoisotopic (exact) mass is 367 g/mol. The molecule has 4 nitrogen and oxygen atoms in total. The molecule has 0 aromatic heterocycles. The van der Waals surface area contributed by atoms with Gasteiger partial charge in [0.15, 0.2) is 0 Å². The first kappa shape index (κ1) is 19.3. The number of rotatable bonds is 8. The van der Waals surface area contributed by atoms with Gasteiger partial charge in [0.25, 0.3) is 0 Å². The highest BCUT2D eigenvalue weighted by Crippen LogP contribution is 2.44. The minimum absolute atomic E-state index is 0.0211. The summed E-state index contributed by atoms with van der Waals surface area (Å²) in [6.07, 6.45) is 5.68. The molecule has 1 aliphatic rings. The zero-order valence-electron chi connectivity index (χ0n) is 16.3. The fourth-order valence-electron chi connectivity index (χ4n) is 4.19. The lowest BCUT2D eigenvalue weighted by Crippen LogP contribution is -2.39. The number of amides is 1. The average molecular weight is 367 g/mol. The van der Waals surface area contributed by atoms with Crippen molar-refractivity contribution >= 4 is 5.91 Å². The number of para-hydroxylation sites is 2. The number of ether oxygens (including phenoxy) is 2. The van der Waals surface area contributed by atoms with Crippen LogP contribution in [0.3, 0.4) is 0 Å². The fraction of sp³-hybridized carbons (Fsp3) is 0.435. The number of hydrogen-bond acceptors (Lipinski definition) is 3. The quantitative estimate of drug-likeness (QED) is 0.758. The zero-order valence-corrected chi connectivity index (χ0v) is 16.3. The predicted molar refractivity (Wildman–Crippen MR) is 107 cm³/mol. The van der Waals surface area contributed by atoms with Crippen molar-refractivity contribution < 1.29 is 14.3 Å². The summed E-state index contributed by atoms with van der Waals surface area (Å²) in [5.41, 5.74) is 2.26. The first-order chi connectivity index (χ1) is 13.2. The van der Waals surface area contributed by atoms with Crippen molar-refractivity contribution in [2.24, 2.45) is 0 Å². The Kier molecular flexibility index (Phi) is 6.38. The van der Waals surface area contributed by atoms with Gasteiger partial charge in [-0.3, -0.25) is 4.79 Å². The number of aryl methyl sites for hydroxylation is 1. The maximum atomic E-state index is 12.5. The number of benzene rings is 2. The van der Waals surface area contributed by atoms with Gasteiger partial charge in [-0.15, -0.1) is 0 Å². The van der Waals surface area contributed by atoms with Crippen LogP contribution in [-0.4, -0.2) is 26.7 Å². The van der Waals surface area contributed by atoms with Crippen molar-refractivity contribution in [1.82, 2.24) is 5.32 Å². The van der Waals surface area contributed by atoms with E-state index in [1.165, 1.54) is 18.4 Å². The molecule has 0 spiro atoms. The van der Waals surface area contributed by atoms with Crippen LogP contribution in [0.2, 0.25) is 0 Å². The van der Waals surface area contributed by atoms with Crippen molar-refractivity contribution in [2.75, 3.05) is 20.8 Å². The molecule has 144 valence electrons. The Hall–Kier alpha value is -2.49. The normalized spacial score (nSPS) is 15.3. The number of methoxy groups -OCH3 is 2. The Bertz CT molecular complexity index is 766. The molecular weight excluding hydrogens is 338 g/mol. The molecule has 1 amide bonds. The molecule has 0 heterocycles. The van der Waals surface area contributed by atoms with Crippen LogP contribution in [0, 0.1) is 0 Å². The molecule has 2 aromatic rings. The van der Waals surface area contributed by atoms with Crippen molar-refractivity contribution in [2.45, 2.75) is 43.9 Å². The minimum atomic E-state index is -0.0211. The summed E-state index contributed by atoms with van der Waals surface area (Å²) < 4.78 is 11.0. The molecule has 0 atom stereocenters. The van der Waals surface area contributed by atoms with Crippen LogP contribution in [0.1, 0.15) is 43.2 Å². The summed E-state index contributed by atoms with van der Waals surface area (Å²) >= 11 is 0. The summed E-state index contributed by atoms with van der Waals surface area (Å²) in [6.45, 7) is 0.665. The third kappa shape index (κ3) is 4.44. The largest absolute Gasteiger partial charge is 0.496 e. The second-order valence-electron chi connectivity index (χ2n) is 7.28. The van der Waals surface area contributed by atoms with Gasteiger partial charge >= 0.3 is 0 Å². The number of nitrogens with one attached hydrogen (secondary N) is 1. The lowest BCUT2D eigenvalue weighted by atomic mass is 9.78. The molecular formula is C23H29NO3. The highest BCUT2D eigenvalue weighted by atomic mass is 16.5. The molecule has 1 N–H and O–H groups in total. The molecule has 0 radical (unpaired) electrons. The highest BCUT2D eigenvalue weighted by molar-refractivity contribution is 5.76. The number of carbonyl (C=O) groups is 1. The molecule has 27 heavy (non-hydrogen) atoms. The van der Waals surface area contributed by atoms with Gasteiger partial charge in [-0.1, -0.05) is 49.2 Å². The summed E-state index contributed by atoms with van der Waals surface area (Å²) in [4.78, 5) is 12.5. The van der Waals surface area contributed by atoms with Crippen LogP contribution < -0.4 is 14.8 Å². The topological polar surface area (TPSA) is 47.6 Å². The van der Waals surface area contributed by atoms with Crippen LogP contribution in [0.5, 0.6) is 11.5 Å². The lowest BCUT2D eigenvalue weighted by Gasteiger charge is -2.31. The van der Waals surface area contributed by atoms with Crippen LogP contribution in [0.15, 0.2) is 48.5 Å². The summed E-state index contributed by atoms with van der Waals surface area (Å²) in [5.74, 6) is 1.84. The van der Waals surface area contributed by atoms with Gasteiger partial charge in [-0.05, 0) is 37.0 Å². The Labute approximate surface area is 161 Å². The fourth-order valence-corrected chi connectivity index (χ4v) is 4.19. The molecule has 1 saturated carbocycles. The molecule has 0 unspecified atom stereocenters. The van der Waals surface area contributed by atoms with E-state index in [4.69, 9.17) is 9.47 Å². The summed E-state index contributed by atoms with van der Waals surface area (Å²) in [7, 11) is 3.38. The SMILES string of the molecule is COc1ccccc1CCC(=O)NCC1(c2ccccc2OC)CCCC1. The van der Waals surface area contributed by atoms with Gasteiger partial charge in [0.05, 0.1) is 14.2 Å². The van der Waals surface area contributed by atoms with E-state index in [1.54, 1.807) is 14.2 Å². The van der Waals surface area contributed by atoms with Crippen LogP contribution in [0.25, 0.3) is 0 Å². The highest BCUT2D eigenvalue weighted by Gasteiger charge is 2.37. The Morgan fingerprint density at radius 3 is 2.30 bits per heavy atom. The van der Waals surface area contributed by atoms with E-state index < -0.39 is 0 Å². The van der Waals surface area contributed by atoms with Gasteiger partial charge in [-0.2, -0.15) is 0 Å². The molecule has 0 bridgehead atoms. The standard InChI is InChI=1S/C23H29NO3/c1-26-20-11-5-3-9-18(20)13-14-22(25)24-17-23(15-7-8-16-23)19-10-4-6-12-21(19)27-2/h3-6,9-12H,7-8,13-17H2,1-2H3,(H,24,25). The van der Waals surface area contributed by atoms with E-state index in [2.05, 4.69) is 17.4 Å². The second kappa shape index (κ2) is 8.94. The molecule has 3 rings (SSSR count). The molecule has 4 heteroatoms. The van der Waals surface area contributed by atoms with Gasteiger partial charge < -0.3 is 14.8 Å². The summed E-state index contributed by atoms with van der Waals surface area (Å²) in [6, 6.07) is 16.1. The predicted octanol–water partition coefficient (Wildman–Crippen LogP) is 4.26. The van der Waals surface area contributed by atoms with E-state index in [0.717, 1.165) is 29.9 Å². The molecule has 2 aromatic carbocycles. The van der Waals surface area contributed by atoms with E-state index in [0.29, 0.717) is 19.4 Å². The molecule has 0 saturated heterocycles. The zero-order chi connectivity index (χ0) is 19.1. The van der Waals surface area contributed by atoms with Crippen molar-refractivity contribution in [3.63, 3.8) is 0 Å². The van der Waals surface area contributed by atoms with Crippen LogP contribution in [0.4, 0.5) is 0 Å². The van der Waals surface area contributed by atoms with Crippen molar-refractivity contribution in [3.8, 4) is 11.5 Å². The third-order valence-corrected chi connectivity index (χ3v) is 5.68. The van der Waals surface area contributed by atoms with E-state index >= 15 is 0 Å². The van der Waals surface area contributed by atoms with Gasteiger partial charge in [0, 0.05) is 23.9 Å². The van der Waals surface area contributed by atoms with E-state index in [9.17, 15) is 4.79 Å². The Morgan fingerprint density at radius 1 is 0.963 bits per heavy atom. The number of carbonyl (C=O) groups excluding carboxylic acids is 1. The minimum Gasteiger partial charge on any atom is -0.496 e. The molecule has 1 fully saturated rings. The van der Waals surface area contributed by atoms with E-state index in [-0.39, 0.29) is 11.3 Å². The first-order valence-corrected chi connectivity index (χ1v) is 9.70. The Morgan fingerprint density at radius 2 is 1.59 bits per heavy atom. The lowest BCUT2D eigenvalue weighted by molar-refractivity contribution is -0.121. The maximum absolute atomic E-state index is 12.5. The maximum Gasteiger partial charge on any atom is 0.220 e. The molecule has 1 aliphatic carbocycles. The summed E-state index contributed by atoms with van der Waals surface area (Å²) in [5, 5.41) is 3.19. The average Bonchev–Trinajstić information content (AvgIpc) is 3.21. The van der Waals surface area contributed by atoms with Gasteiger partial charge in [0.2, 0.25) is 5.91 Å². The van der Waals surface area contributed by atoms with Gasteiger partial charge in [0.1, 0.15) is 11.5 Å². The number of hydrogen-bond donors (Lipinski definition) is 1. The van der Waals surface area contributed by atoms with Gasteiger partial charge in [-0.25, -0.2) is 0 Å².